The zero-order valence-corrected chi connectivity index (χ0v) is 21.6. The van der Waals surface area contributed by atoms with Gasteiger partial charge in [0.25, 0.3) is 0 Å². The van der Waals surface area contributed by atoms with Crippen LogP contribution in [0.5, 0.6) is 0 Å². The smallest absolute Gasteiger partial charge is 0.103 e. The number of fused-ring (bicyclic) bond motifs is 1. The lowest BCUT2D eigenvalue weighted by molar-refractivity contribution is 0.109. The number of β-amino-alcohol motifs (C(OH)–C–C–N with tert-alkyl or cyclic N) is 1. The van der Waals surface area contributed by atoms with Crippen LogP contribution in [0, 0.1) is 25.2 Å². The second-order valence-electron chi connectivity index (χ2n) is 9.44. The highest BCUT2D eigenvalue weighted by Gasteiger charge is 2.17. The molecular formula is C29H31N5OS. The highest BCUT2D eigenvalue weighted by atomic mass is 32.1. The molecule has 0 amide bonds. The SMILES string of the molecule is Cc1ccc(Nc2c(C#N)cnc3cc(-c4ccc(CN5CCN(CCO)CC5)s4)ccc23)c(C)c1. The second kappa shape index (κ2) is 10.8. The van der Waals surface area contributed by atoms with Gasteiger partial charge < -0.3 is 10.4 Å². The maximum absolute atomic E-state index is 9.73. The average molecular weight is 498 g/mol. The van der Waals surface area contributed by atoms with Crippen LogP contribution < -0.4 is 5.32 Å². The van der Waals surface area contributed by atoms with Crippen molar-refractivity contribution in [3.63, 3.8) is 0 Å². The van der Waals surface area contributed by atoms with Gasteiger partial charge in [0.15, 0.2) is 0 Å². The molecule has 0 bridgehead atoms. The molecule has 0 unspecified atom stereocenters. The van der Waals surface area contributed by atoms with E-state index in [0.717, 1.165) is 72.7 Å². The van der Waals surface area contributed by atoms with E-state index in [0.29, 0.717) is 5.56 Å². The largest absolute Gasteiger partial charge is 0.395 e. The first-order chi connectivity index (χ1) is 17.5. The number of thiophene rings is 1. The number of hydrogen-bond donors (Lipinski definition) is 2. The molecule has 2 N–H and O–H groups in total. The Labute approximate surface area is 216 Å². The van der Waals surface area contributed by atoms with Crippen molar-refractivity contribution in [1.29, 1.82) is 5.26 Å². The molecule has 3 heterocycles. The minimum absolute atomic E-state index is 0.232. The predicted molar refractivity (Wildman–Crippen MR) is 148 cm³/mol. The van der Waals surface area contributed by atoms with Crippen LogP contribution in [-0.2, 0) is 6.54 Å². The van der Waals surface area contributed by atoms with Crippen LogP contribution >= 0.6 is 11.3 Å². The Morgan fingerprint density at radius 1 is 1.03 bits per heavy atom. The molecular weight excluding hydrogens is 466 g/mol. The van der Waals surface area contributed by atoms with Gasteiger partial charge in [-0.05, 0) is 49.2 Å². The fourth-order valence-corrected chi connectivity index (χ4v) is 5.85. The molecule has 36 heavy (non-hydrogen) atoms. The van der Waals surface area contributed by atoms with Crippen molar-refractivity contribution < 1.29 is 5.11 Å². The summed E-state index contributed by atoms with van der Waals surface area (Å²) in [5.74, 6) is 0. The lowest BCUT2D eigenvalue weighted by Gasteiger charge is -2.34. The van der Waals surface area contributed by atoms with Crippen molar-refractivity contribution in [1.82, 2.24) is 14.8 Å². The number of rotatable bonds is 7. The number of aryl methyl sites for hydroxylation is 2. The molecule has 2 aromatic carbocycles. The Balaban J connectivity index is 1.37. The summed E-state index contributed by atoms with van der Waals surface area (Å²) in [7, 11) is 0. The summed E-state index contributed by atoms with van der Waals surface area (Å²) in [5.41, 5.74) is 6.69. The molecule has 1 aliphatic heterocycles. The molecule has 0 aliphatic carbocycles. The van der Waals surface area contributed by atoms with Gasteiger partial charge in [-0.2, -0.15) is 5.26 Å². The highest BCUT2D eigenvalue weighted by Crippen LogP contribution is 2.35. The minimum atomic E-state index is 0.232. The van der Waals surface area contributed by atoms with Gasteiger partial charge in [-0.15, -0.1) is 11.3 Å². The fourth-order valence-electron chi connectivity index (χ4n) is 4.81. The Kier molecular flexibility index (Phi) is 7.30. The summed E-state index contributed by atoms with van der Waals surface area (Å²) >= 11 is 1.83. The van der Waals surface area contributed by atoms with Crippen LogP contribution in [0.25, 0.3) is 21.3 Å². The van der Waals surface area contributed by atoms with Gasteiger partial charge in [0.1, 0.15) is 6.07 Å². The van der Waals surface area contributed by atoms with Crippen molar-refractivity contribution in [2.45, 2.75) is 20.4 Å². The van der Waals surface area contributed by atoms with Crippen LogP contribution in [0.3, 0.4) is 0 Å². The van der Waals surface area contributed by atoms with E-state index in [9.17, 15) is 5.26 Å². The van der Waals surface area contributed by atoms with Gasteiger partial charge in [0.05, 0.1) is 23.4 Å². The lowest BCUT2D eigenvalue weighted by Crippen LogP contribution is -2.46. The van der Waals surface area contributed by atoms with Crippen LogP contribution in [0.1, 0.15) is 21.6 Å². The first-order valence-electron chi connectivity index (χ1n) is 12.4. The van der Waals surface area contributed by atoms with E-state index in [1.165, 1.54) is 15.3 Å². The zero-order valence-electron chi connectivity index (χ0n) is 20.8. The van der Waals surface area contributed by atoms with Crippen molar-refractivity contribution >= 4 is 33.6 Å². The second-order valence-corrected chi connectivity index (χ2v) is 10.6. The number of nitrogens with zero attached hydrogens (tertiary/aromatic N) is 4. The standard InChI is InChI=1S/C29H31N5OS/c1-20-3-7-26(21(2)15-20)32-29-23(17-30)18-31-27-16-22(4-6-25(27)29)28-8-5-24(36-28)19-34-11-9-33(10-12-34)13-14-35/h3-8,15-16,18,35H,9-14,19H2,1-2H3,(H,31,32). The quantitative estimate of drug-likeness (QED) is 0.361. The Bertz CT molecular complexity index is 1420. The summed E-state index contributed by atoms with van der Waals surface area (Å²) in [5, 5.41) is 23.3. The molecule has 7 heteroatoms. The third-order valence-corrected chi connectivity index (χ3v) is 7.96. The number of hydrogen-bond acceptors (Lipinski definition) is 7. The number of pyridine rings is 1. The summed E-state index contributed by atoms with van der Waals surface area (Å²) in [6, 6.07) is 19.3. The maximum atomic E-state index is 9.73. The van der Waals surface area contributed by atoms with Crippen molar-refractivity contribution in [3.8, 4) is 16.5 Å². The Morgan fingerprint density at radius 3 is 2.58 bits per heavy atom. The number of aromatic nitrogens is 1. The van der Waals surface area contributed by atoms with E-state index < -0.39 is 0 Å². The summed E-state index contributed by atoms with van der Waals surface area (Å²) in [6.45, 7) is 10.2. The van der Waals surface area contributed by atoms with E-state index in [2.05, 4.69) is 88.5 Å². The molecule has 6 nitrogen and oxygen atoms in total. The average Bonchev–Trinajstić information content (AvgIpc) is 3.35. The first kappa shape index (κ1) is 24.4. The van der Waals surface area contributed by atoms with Gasteiger partial charge in [-0.25, -0.2) is 0 Å². The molecule has 2 aromatic heterocycles. The monoisotopic (exact) mass is 497 g/mol. The van der Waals surface area contributed by atoms with E-state index in [4.69, 9.17) is 5.11 Å². The van der Waals surface area contributed by atoms with E-state index in [1.54, 1.807) is 6.20 Å². The van der Waals surface area contributed by atoms with Crippen molar-refractivity contribution in [3.05, 3.63) is 76.3 Å². The van der Waals surface area contributed by atoms with Crippen LogP contribution in [-0.4, -0.2) is 59.2 Å². The predicted octanol–water partition coefficient (Wildman–Crippen LogP) is 5.31. The van der Waals surface area contributed by atoms with Gasteiger partial charge in [-0.1, -0.05) is 29.8 Å². The number of nitriles is 1. The number of aliphatic hydroxyl groups excluding tert-OH is 1. The highest BCUT2D eigenvalue weighted by molar-refractivity contribution is 7.15. The third kappa shape index (κ3) is 5.28. The van der Waals surface area contributed by atoms with Crippen LogP contribution in [0.15, 0.2) is 54.7 Å². The molecule has 0 radical (unpaired) electrons. The molecule has 0 saturated carbocycles. The number of nitrogens with one attached hydrogen (secondary N) is 1. The van der Waals surface area contributed by atoms with Gasteiger partial charge >= 0.3 is 0 Å². The number of aliphatic hydroxyl groups is 1. The van der Waals surface area contributed by atoms with Crippen molar-refractivity contribution in [2.75, 3.05) is 44.6 Å². The van der Waals surface area contributed by atoms with E-state index in [-0.39, 0.29) is 6.61 Å². The first-order valence-corrected chi connectivity index (χ1v) is 13.2. The summed E-state index contributed by atoms with van der Waals surface area (Å²) in [4.78, 5) is 12.0. The Hall–Kier alpha value is -3.28. The van der Waals surface area contributed by atoms with Gasteiger partial charge in [-0.3, -0.25) is 14.8 Å². The normalized spacial score (nSPS) is 14.7. The molecule has 5 rings (SSSR count). The van der Waals surface area contributed by atoms with Crippen molar-refractivity contribution in [2.24, 2.45) is 0 Å². The molecule has 1 fully saturated rings. The topological polar surface area (TPSA) is 75.4 Å². The summed E-state index contributed by atoms with van der Waals surface area (Å²) in [6.07, 6.45) is 1.66. The molecule has 184 valence electrons. The van der Waals surface area contributed by atoms with E-state index in [1.807, 2.05) is 11.3 Å². The molecule has 4 aromatic rings. The number of anilines is 2. The zero-order chi connectivity index (χ0) is 25.1. The molecule has 0 atom stereocenters. The van der Waals surface area contributed by atoms with Crippen LogP contribution in [0.2, 0.25) is 0 Å². The van der Waals surface area contributed by atoms with E-state index >= 15 is 0 Å². The minimum Gasteiger partial charge on any atom is -0.395 e. The number of piperazine rings is 1. The Morgan fingerprint density at radius 2 is 1.83 bits per heavy atom. The lowest BCUT2D eigenvalue weighted by atomic mass is 10.0. The summed E-state index contributed by atoms with van der Waals surface area (Å²) < 4.78 is 0. The van der Waals surface area contributed by atoms with Gasteiger partial charge in [0.2, 0.25) is 0 Å². The fraction of sp³-hybridized carbons (Fsp3) is 0.310. The molecule has 1 saturated heterocycles. The van der Waals surface area contributed by atoms with Crippen LogP contribution in [0.4, 0.5) is 11.4 Å². The molecule has 1 aliphatic rings. The maximum Gasteiger partial charge on any atom is 0.103 e. The molecule has 0 spiro atoms. The third-order valence-electron chi connectivity index (χ3n) is 6.84. The van der Waals surface area contributed by atoms with Gasteiger partial charge in [0, 0.05) is 66.3 Å². The number of benzene rings is 2.